The summed E-state index contributed by atoms with van der Waals surface area (Å²) in [6, 6.07) is 0.324. The van der Waals surface area contributed by atoms with Gasteiger partial charge in [0.1, 0.15) is 0 Å². The summed E-state index contributed by atoms with van der Waals surface area (Å²) in [5, 5.41) is 0. The topological polar surface area (TPSA) is 50.5 Å². The van der Waals surface area contributed by atoms with Crippen molar-refractivity contribution >= 4 is 0 Å². The van der Waals surface area contributed by atoms with Crippen molar-refractivity contribution in [2.75, 3.05) is 26.7 Å². The number of nitrogens with one attached hydrogen (secondary N) is 1. The third-order valence-corrected chi connectivity index (χ3v) is 4.46. The van der Waals surface area contributed by atoms with Gasteiger partial charge in [0.05, 0.1) is 18.8 Å². The van der Waals surface area contributed by atoms with Gasteiger partial charge >= 0.3 is 0 Å². The molecule has 2 rings (SSSR count). The zero-order valence-corrected chi connectivity index (χ0v) is 11.2. The number of ether oxygens (including phenoxy) is 1. The molecule has 1 saturated carbocycles. The van der Waals surface area contributed by atoms with Crippen molar-refractivity contribution in [1.82, 2.24) is 10.3 Å². The van der Waals surface area contributed by atoms with Crippen LogP contribution in [0.1, 0.15) is 32.6 Å². The molecule has 0 aromatic heterocycles. The highest BCUT2D eigenvalue weighted by Crippen LogP contribution is 2.32. The molecular formula is C13H27N3O. The summed E-state index contributed by atoms with van der Waals surface area (Å²) in [6.07, 6.45) is 5.52. The van der Waals surface area contributed by atoms with Crippen LogP contribution in [0, 0.1) is 11.8 Å². The Kier molecular flexibility index (Phi) is 4.79. The molecule has 2 atom stereocenters. The van der Waals surface area contributed by atoms with Gasteiger partial charge in [-0.15, -0.1) is 0 Å². The van der Waals surface area contributed by atoms with Crippen LogP contribution < -0.4 is 11.3 Å². The Hall–Kier alpha value is -0.160. The summed E-state index contributed by atoms with van der Waals surface area (Å²) in [5.41, 5.74) is 3.03. The molecule has 4 heteroatoms. The molecule has 1 heterocycles. The molecule has 100 valence electrons. The van der Waals surface area contributed by atoms with Crippen molar-refractivity contribution in [3.63, 3.8) is 0 Å². The van der Waals surface area contributed by atoms with E-state index in [0.717, 1.165) is 25.6 Å². The normalized spacial score (nSPS) is 37.9. The molecule has 3 N–H and O–H groups in total. The van der Waals surface area contributed by atoms with Gasteiger partial charge in [0, 0.05) is 13.1 Å². The first-order valence-corrected chi connectivity index (χ1v) is 6.97. The zero-order chi connectivity index (χ0) is 12.3. The number of rotatable bonds is 3. The van der Waals surface area contributed by atoms with Crippen LogP contribution in [0.3, 0.4) is 0 Å². The van der Waals surface area contributed by atoms with Gasteiger partial charge in [0.25, 0.3) is 0 Å². The Morgan fingerprint density at radius 2 is 2.00 bits per heavy atom. The highest BCUT2D eigenvalue weighted by Gasteiger charge is 2.33. The Bertz CT molecular complexity index is 229. The molecule has 4 nitrogen and oxygen atoms in total. The fourth-order valence-electron chi connectivity index (χ4n) is 3.22. The number of nitrogens with zero attached hydrogens (tertiary/aromatic N) is 1. The van der Waals surface area contributed by atoms with Crippen LogP contribution >= 0.6 is 0 Å². The Labute approximate surface area is 105 Å². The maximum Gasteiger partial charge on any atom is 0.0871 e. The Balaban J connectivity index is 1.90. The predicted molar refractivity (Wildman–Crippen MR) is 69.5 cm³/mol. The van der Waals surface area contributed by atoms with Crippen molar-refractivity contribution in [3.05, 3.63) is 0 Å². The molecule has 0 aromatic carbocycles. The van der Waals surface area contributed by atoms with Crippen molar-refractivity contribution < 1.29 is 4.74 Å². The van der Waals surface area contributed by atoms with E-state index in [0.29, 0.717) is 12.0 Å². The van der Waals surface area contributed by atoms with E-state index in [1.807, 2.05) is 0 Å². The monoisotopic (exact) mass is 241 g/mol. The van der Waals surface area contributed by atoms with E-state index < -0.39 is 0 Å². The fraction of sp³-hybridized carbons (Fsp3) is 1.00. The van der Waals surface area contributed by atoms with Crippen molar-refractivity contribution in [2.45, 2.75) is 44.8 Å². The van der Waals surface area contributed by atoms with E-state index in [4.69, 9.17) is 10.6 Å². The molecule has 2 aliphatic rings. The first kappa shape index (κ1) is 13.3. The molecule has 17 heavy (non-hydrogen) atoms. The van der Waals surface area contributed by atoms with E-state index in [1.54, 1.807) is 0 Å². The third kappa shape index (κ3) is 3.41. The second-order valence-electron chi connectivity index (χ2n) is 5.88. The number of hydrogen-bond donors (Lipinski definition) is 2. The van der Waals surface area contributed by atoms with Gasteiger partial charge < -0.3 is 9.64 Å². The van der Waals surface area contributed by atoms with Gasteiger partial charge in [-0.25, -0.2) is 0 Å². The van der Waals surface area contributed by atoms with Gasteiger partial charge in [0.15, 0.2) is 0 Å². The third-order valence-electron chi connectivity index (χ3n) is 4.46. The summed E-state index contributed by atoms with van der Waals surface area (Å²) >= 11 is 0. The average Bonchev–Trinajstić information content (AvgIpc) is 2.33. The first-order chi connectivity index (χ1) is 8.20. The van der Waals surface area contributed by atoms with Crippen LogP contribution in [0.4, 0.5) is 0 Å². The van der Waals surface area contributed by atoms with Crippen LogP contribution in [0.2, 0.25) is 0 Å². The molecule has 1 saturated heterocycles. The predicted octanol–water partition coefficient (Wildman–Crippen LogP) is 0.975. The first-order valence-electron chi connectivity index (χ1n) is 6.97. The van der Waals surface area contributed by atoms with Crippen molar-refractivity contribution in [2.24, 2.45) is 17.7 Å². The minimum absolute atomic E-state index is 0.261. The summed E-state index contributed by atoms with van der Waals surface area (Å²) in [7, 11) is 2.16. The minimum atomic E-state index is 0.261. The van der Waals surface area contributed by atoms with Crippen LogP contribution in [0.25, 0.3) is 0 Å². The second-order valence-corrected chi connectivity index (χ2v) is 5.88. The number of nitrogens with two attached hydrogens (primary N) is 1. The number of morpholine rings is 1. The van der Waals surface area contributed by atoms with Crippen LogP contribution in [-0.2, 0) is 4.74 Å². The van der Waals surface area contributed by atoms with Gasteiger partial charge in [-0.05, 0) is 31.7 Å². The van der Waals surface area contributed by atoms with E-state index in [9.17, 15) is 0 Å². The fourth-order valence-corrected chi connectivity index (χ4v) is 3.22. The molecule has 1 aliphatic heterocycles. The molecule has 0 bridgehead atoms. The maximum absolute atomic E-state index is 5.90. The molecule has 2 fully saturated rings. The maximum atomic E-state index is 5.90. The standard InChI is InChI=1S/C13H27N3O/c1-10-3-5-11(6-4-10)13(15-14)12-9-16(2)7-8-17-12/h10-13,15H,3-9,14H2,1-2H3. The molecule has 0 spiro atoms. The lowest BCUT2D eigenvalue weighted by Crippen LogP contribution is -2.56. The lowest BCUT2D eigenvalue weighted by atomic mass is 9.77. The smallest absolute Gasteiger partial charge is 0.0871 e. The van der Waals surface area contributed by atoms with Crippen molar-refractivity contribution in [1.29, 1.82) is 0 Å². The zero-order valence-electron chi connectivity index (χ0n) is 11.2. The summed E-state index contributed by atoms with van der Waals surface area (Å²) < 4.78 is 5.90. The lowest BCUT2D eigenvalue weighted by Gasteiger charge is -2.40. The van der Waals surface area contributed by atoms with Gasteiger partial charge in [0.2, 0.25) is 0 Å². The van der Waals surface area contributed by atoms with E-state index >= 15 is 0 Å². The second kappa shape index (κ2) is 6.14. The molecule has 0 amide bonds. The molecule has 0 aromatic rings. The van der Waals surface area contributed by atoms with Crippen LogP contribution in [0.15, 0.2) is 0 Å². The largest absolute Gasteiger partial charge is 0.374 e. The van der Waals surface area contributed by atoms with Crippen LogP contribution in [-0.4, -0.2) is 43.8 Å². The molecule has 0 radical (unpaired) electrons. The lowest BCUT2D eigenvalue weighted by molar-refractivity contribution is -0.0534. The van der Waals surface area contributed by atoms with Gasteiger partial charge in [-0.3, -0.25) is 11.3 Å². The Morgan fingerprint density at radius 1 is 1.29 bits per heavy atom. The quantitative estimate of drug-likeness (QED) is 0.571. The number of hydrogen-bond acceptors (Lipinski definition) is 4. The minimum Gasteiger partial charge on any atom is -0.374 e. The SMILES string of the molecule is CC1CCC(C(NN)C2CN(C)CCO2)CC1. The highest BCUT2D eigenvalue weighted by atomic mass is 16.5. The number of hydrazine groups is 1. The van der Waals surface area contributed by atoms with Gasteiger partial charge in [-0.1, -0.05) is 19.8 Å². The van der Waals surface area contributed by atoms with E-state index in [-0.39, 0.29) is 6.10 Å². The highest BCUT2D eigenvalue weighted by molar-refractivity contribution is 4.88. The van der Waals surface area contributed by atoms with Crippen LogP contribution in [0.5, 0.6) is 0 Å². The number of likely N-dealkylation sites (N-methyl/N-ethyl adjacent to an activating group) is 1. The summed E-state index contributed by atoms with van der Waals surface area (Å²) in [6.45, 7) is 5.23. The molecular weight excluding hydrogens is 214 g/mol. The van der Waals surface area contributed by atoms with Gasteiger partial charge in [-0.2, -0.15) is 0 Å². The average molecular weight is 241 g/mol. The van der Waals surface area contributed by atoms with Crippen molar-refractivity contribution in [3.8, 4) is 0 Å². The molecule has 2 unspecified atom stereocenters. The van der Waals surface area contributed by atoms with E-state index in [2.05, 4.69) is 24.3 Å². The molecule has 1 aliphatic carbocycles. The Morgan fingerprint density at radius 3 is 2.59 bits per heavy atom. The summed E-state index contributed by atoms with van der Waals surface area (Å²) in [5.74, 6) is 7.34. The summed E-state index contributed by atoms with van der Waals surface area (Å²) in [4.78, 5) is 2.34. The van der Waals surface area contributed by atoms with E-state index in [1.165, 1.54) is 25.7 Å².